The second-order valence-electron chi connectivity index (χ2n) is 11.4. The minimum absolute atomic E-state index is 0.0221. The van der Waals surface area contributed by atoms with Gasteiger partial charge in [-0.15, -0.1) is 0 Å². The van der Waals surface area contributed by atoms with Gasteiger partial charge in [0.05, 0.1) is 10.6 Å². The Hall–Kier alpha value is -3.85. The third-order valence-electron chi connectivity index (χ3n) is 6.74. The van der Waals surface area contributed by atoms with Crippen LogP contribution in [0.1, 0.15) is 31.9 Å². The van der Waals surface area contributed by atoms with Crippen molar-refractivity contribution < 1.29 is 18.0 Å². The van der Waals surface area contributed by atoms with Crippen LogP contribution in [0.5, 0.6) is 0 Å². The Morgan fingerprint density at radius 2 is 1.36 bits per heavy atom. The van der Waals surface area contributed by atoms with Gasteiger partial charge < -0.3 is 10.2 Å². The van der Waals surface area contributed by atoms with E-state index in [9.17, 15) is 18.0 Å². The molecule has 2 amide bonds. The summed E-state index contributed by atoms with van der Waals surface area (Å²) < 4.78 is 29.0. The van der Waals surface area contributed by atoms with Crippen LogP contribution in [0.15, 0.2) is 114 Å². The number of anilines is 1. The number of carbonyl (C=O) groups is 2. The molecule has 7 nitrogen and oxygen atoms in total. The number of nitrogens with zero attached hydrogens (tertiary/aromatic N) is 2. The Balaban J connectivity index is 1.81. The highest BCUT2D eigenvalue weighted by Gasteiger charge is 2.35. The third kappa shape index (κ3) is 8.85. The highest BCUT2D eigenvalue weighted by molar-refractivity contribution is 7.92. The second kappa shape index (κ2) is 14.3. The van der Waals surface area contributed by atoms with Gasteiger partial charge in [-0.3, -0.25) is 13.9 Å². The van der Waals surface area contributed by atoms with Crippen LogP contribution >= 0.6 is 23.2 Å². The van der Waals surface area contributed by atoms with Crippen LogP contribution in [-0.2, 0) is 32.6 Å². The first-order valence-electron chi connectivity index (χ1n) is 14.1. The summed E-state index contributed by atoms with van der Waals surface area (Å²) in [6.45, 7) is 5.05. The molecule has 0 saturated carbocycles. The Morgan fingerprint density at radius 1 is 0.773 bits per heavy atom. The van der Waals surface area contributed by atoms with Crippen LogP contribution in [0.4, 0.5) is 5.69 Å². The van der Waals surface area contributed by atoms with Crippen LogP contribution in [-0.4, -0.2) is 43.3 Å². The van der Waals surface area contributed by atoms with Gasteiger partial charge in [-0.2, -0.15) is 0 Å². The number of amides is 2. The van der Waals surface area contributed by atoms with Gasteiger partial charge in [-0.1, -0.05) is 83.9 Å². The predicted molar refractivity (Wildman–Crippen MR) is 176 cm³/mol. The molecule has 0 radical (unpaired) electrons. The number of hydrogen-bond donors (Lipinski definition) is 1. The van der Waals surface area contributed by atoms with Gasteiger partial charge >= 0.3 is 0 Å². The first kappa shape index (κ1) is 33.1. The molecule has 0 aliphatic heterocycles. The lowest BCUT2D eigenvalue weighted by molar-refractivity contribution is -0.140. The van der Waals surface area contributed by atoms with Crippen molar-refractivity contribution in [1.82, 2.24) is 10.2 Å². The van der Waals surface area contributed by atoms with Crippen LogP contribution < -0.4 is 9.62 Å². The Bertz CT molecular complexity index is 1680. The van der Waals surface area contributed by atoms with E-state index in [0.29, 0.717) is 15.6 Å². The molecule has 0 aliphatic rings. The lowest BCUT2D eigenvalue weighted by Crippen LogP contribution is -2.56. The van der Waals surface area contributed by atoms with Crippen LogP contribution in [0.2, 0.25) is 10.0 Å². The van der Waals surface area contributed by atoms with E-state index in [4.69, 9.17) is 23.2 Å². The van der Waals surface area contributed by atoms with Crippen molar-refractivity contribution in [1.29, 1.82) is 0 Å². The fourth-order valence-electron chi connectivity index (χ4n) is 4.69. The van der Waals surface area contributed by atoms with Gasteiger partial charge in [0, 0.05) is 28.5 Å². The van der Waals surface area contributed by atoms with Crippen molar-refractivity contribution in [2.75, 3.05) is 10.8 Å². The summed E-state index contributed by atoms with van der Waals surface area (Å²) in [6, 6.07) is 29.6. The minimum atomic E-state index is -4.19. The van der Waals surface area contributed by atoms with E-state index in [2.05, 4.69) is 5.32 Å². The average molecular weight is 653 g/mol. The van der Waals surface area contributed by atoms with E-state index in [0.717, 1.165) is 9.87 Å². The molecule has 10 heteroatoms. The maximum absolute atomic E-state index is 14.4. The molecule has 0 aliphatic carbocycles. The van der Waals surface area contributed by atoms with E-state index in [1.165, 1.54) is 17.0 Å². The Morgan fingerprint density at radius 3 is 1.95 bits per heavy atom. The molecule has 0 saturated heterocycles. The zero-order valence-electron chi connectivity index (χ0n) is 24.8. The molecule has 0 heterocycles. The SMILES string of the molecule is CC(C)(C)NC(=O)C(Cc1ccccc1)N(Cc1cccc(Cl)c1)C(=O)CN(c1ccc(Cl)cc1)S(=O)(=O)c1ccccc1. The molecular weight excluding hydrogens is 617 g/mol. The van der Waals surface area contributed by atoms with E-state index >= 15 is 0 Å². The lowest BCUT2D eigenvalue weighted by atomic mass is 10.0. The zero-order valence-corrected chi connectivity index (χ0v) is 27.1. The van der Waals surface area contributed by atoms with Gasteiger partial charge in [-0.05, 0) is 80.4 Å². The first-order valence-corrected chi connectivity index (χ1v) is 16.3. The predicted octanol–water partition coefficient (Wildman–Crippen LogP) is 6.74. The highest BCUT2D eigenvalue weighted by atomic mass is 35.5. The minimum Gasteiger partial charge on any atom is -0.350 e. The molecule has 0 fully saturated rings. The van der Waals surface area contributed by atoms with E-state index in [1.54, 1.807) is 60.7 Å². The molecule has 1 atom stereocenters. The summed E-state index contributed by atoms with van der Waals surface area (Å²) in [5.41, 5.74) is 1.21. The topological polar surface area (TPSA) is 86.8 Å². The molecule has 44 heavy (non-hydrogen) atoms. The lowest BCUT2D eigenvalue weighted by Gasteiger charge is -2.35. The Kier molecular flexibility index (Phi) is 10.7. The number of nitrogens with one attached hydrogen (secondary N) is 1. The standard InChI is InChI=1S/C34H35Cl2N3O4S/c1-34(2,3)37-33(41)31(22-25-11-6-4-7-12-25)38(23-26-13-10-14-28(36)21-26)32(40)24-39(29-19-17-27(35)18-20-29)44(42,43)30-15-8-5-9-16-30/h4-21,31H,22-24H2,1-3H3,(H,37,41). The fraction of sp³-hybridized carbons (Fsp3) is 0.235. The monoisotopic (exact) mass is 651 g/mol. The van der Waals surface area contributed by atoms with Gasteiger partial charge in [0.25, 0.3) is 10.0 Å². The number of halogens is 2. The number of rotatable bonds is 11. The molecule has 1 N–H and O–H groups in total. The molecule has 230 valence electrons. The van der Waals surface area contributed by atoms with Crippen molar-refractivity contribution in [3.05, 3.63) is 130 Å². The van der Waals surface area contributed by atoms with Crippen LogP contribution in [0.3, 0.4) is 0 Å². The van der Waals surface area contributed by atoms with Crippen molar-refractivity contribution >= 4 is 50.7 Å². The average Bonchev–Trinajstić information content (AvgIpc) is 2.98. The van der Waals surface area contributed by atoms with Gasteiger partial charge in [0.15, 0.2) is 0 Å². The van der Waals surface area contributed by atoms with E-state index in [-0.39, 0.29) is 29.5 Å². The van der Waals surface area contributed by atoms with Crippen molar-refractivity contribution in [3.8, 4) is 0 Å². The van der Waals surface area contributed by atoms with Gasteiger partial charge in [0.2, 0.25) is 11.8 Å². The zero-order chi connectivity index (χ0) is 31.9. The summed E-state index contributed by atoms with van der Waals surface area (Å²) in [6.07, 6.45) is 0.210. The maximum atomic E-state index is 14.4. The normalized spacial score (nSPS) is 12.3. The second-order valence-corrected chi connectivity index (χ2v) is 14.1. The highest BCUT2D eigenvalue weighted by Crippen LogP contribution is 2.26. The van der Waals surface area contributed by atoms with Crippen molar-refractivity contribution in [3.63, 3.8) is 0 Å². The molecule has 0 aromatic heterocycles. The van der Waals surface area contributed by atoms with Gasteiger partial charge in [0.1, 0.15) is 12.6 Å². The molecule has 4 aromatic rings. The molecule has 1 unspecified atom stereocenters. The summed E-state index contributed by atoms with van der Waals surface area (Å²) >= 11 is 12.4. The fourth-order valence-corrected chi connectivity index (χ4v) is 6.47. The molecular formula is C34H35Cl2N3O4S. The number of hydrogen-bond acceptors (Lipinski definition) is 4. The van der Waals surface area contributed by atoms with Crippen LogP contribution in [0.25, 0.3) is 0 Å². The summed E-state index contributed by atoms with van der Waals surface area (Å²) in [4.78, 5) is 29.8. The number of carbonyl (C=O) groups excluding carboxylic acids is 2. The molecule has 0 spiro atoms. The smallest absolute Gasteiger partial charge is 0.264 e. The maximum Gasteiger partial charge on any atom is 0.264 e. The summed E-state index contributed by atoms with van der Waals surface area (Å²) in [5, 5.41) is 3.91. The summed E-state index contributed by atoms with van der Waals surface area (Å²) in [5.74, 6) is -0.926. The van der Waals surface area contributed by atoms with Crippen LogP contribution in [0, 0.1) is 0 Å². The molecule has 4 aromatic carbocycles. The van der Waals surface area contributed by atoms with E-state index in [1.807, 2.05) is 57.2 Å². The van der Waals surface area contributed by atoms with Gasteiger partial charge in [-0.25, -0.2) is 8.42 Å². The number of benzene rings is 4. The van der Waals surface area contributed by atoms with Crippen molar-refractivity contribution in [2.45, 2.75) is 50.2 Å². The Labute approximate surface area is 269 Å². The summed E-state index contributed by atoms with van der Waals surface area (Å²) in [7, 11) is -4.19. The molecule has 4 rings (SSSR count). The van der Waals surface area contributed by atoms with E-state index < -0.39 is 34.1 Å². The van der Waals surface area contributed by atoms with Crippen molar-refractivity contribution in [2.24, 2.45) is 0 Å². The quantitative estimate of drug-likeness (QED) is 0.194. The molecule has 0 bridgehead atoms. The first-order chi connectivity index (χ1) is 20.8. The largest absolute Gasteiger partial charge is 0.350 e. The number of sulfonamides is 1. The third-order valence-corrected chi connectivity index (χ3v) is 9.01.